The van der Waals surface area contributed by atoms with Crippen molar-refractivity contribution in [1.29, 1.82) is 0 Å². The highest BCUT2D eigenvalue weighted by Crippen LogP contribution is 2.28. The zero-order valence-corrected chi connectivity index (χ0v) is 16.9. The number of para-hydroxylation sites is 2. The number of carbonyl (C=O) groups is 1. The zero-order chi connectivity index (χ0) is 19.9. The van der Waals surface area contributed by atoms with Gasteiger partial charge < -0.3 is 10.1 Å². The first-order valence-electron chi connectivity index (χ1n) is 9.19. The highest BCUT2D eigenvalue weighted by atomic mass is 32.2. The molecule has 0 spiro atoms. The fourth-order valence-electron chi connectivity index (χ4n) is 2.59. The van der Waals surface area contributed by atoms with E-state index in [4.69, 9.17) is 4.74 Å². The van der Waals surface area contributed by atoms with E-state index < -0.39 is 0 Å². The van der Waals surface area contributed by atoms with Gasteiger partial charge in [-0.25, -0.2) is 0 Å². The Morgan fingerprint density at radius 1 is 1.18 bits per heavy atom. The molecule has 146 valence electrons. The molecule has 1 amide bonds. The van der Waals surface area contributed by atoms with Gasteiger partial charge in [0.05, 0.1) is 11.9 Å². The molecular formula is C20H23N5O2S. The van der Waals surface area contributed by atoms with Gasteiger partial charge in [-0.1, -0.05) is 43.0 Å². The lowest BCUT2D eigenvalue weighted by Gasteiger charge is -2.13. The Labute approximate surface area is 168 Å². The molecule has 0 saturated carbocycles. The maximum atomic E-state index is 12.6. The molecule has 7 nitrogen and oxygen atoms in total. The van der Waals surface area contributed by atoms with Gasteiger partial charge in [-0.3, -0.25) is 4.79 Å². The topological polar surface area (TPSA) is 81.9 Å². The second-order valence-electron chi connectivity index (χ2n) is 6.07. The van der Waals surface area contributed by atoms with Crippen LogP contribution in [-0.4, -0.2) is 38.0 Å². The molecule has 1 aromatic heterocycles. The number of hydrogen-bond acceptors (Lipinski definition) is 6. The van der Waals surface area contributed by atoms with Crippen LogP contribution in [0.2, 0.25) is 0 Å². The number of rotatable bonds is 8. The first-order valence-corrected chi connectivity index (χ1v) is 10.1. The summed E-state index contributed by atoms with van der Waals surface area (Å²) in [5.74, 6) is 0.578. The summed E-state index contributed by atoms with van der Waals surface area (Å²) in [6.07, 6.45) is 0.965. The maximum Gasteiger partial charge on any atom is 0.237 e. The van der Waals surface area contributed by atoms with E-state index >= 15 is 0 Å². The van der Waals surface area contributed by atoms with Crippen molar-refractivity contribution in [3.05, 3.63) is 54.1 Å². The molecule has 1 N–H and O–H groups in total. The number of tetrazole rings is 1. The Balaban J connectivity index is 1.72. The lowest BCUT2D eigenvalue weighted by Crippen LogP contribution is -2.23. The molecule has 0 aliphatic heterocycles. The summed E-state index contributed by atoms with van der Waals surface area (Å²) >= 11 is 1.29. The molecule has 3 aromatic rings. The van der Waals surface area contributed by atoms with Crippen LogP contribution in [0.25, 0.3) is 5.69 Å². The number of aryl methyl sites for hydroxylation is 1. The van der Waals surface area contributed by atoms with Crippen molar-refractivity contribution in [2.75, 3.05) is 11.9 Å². The third kappa shape index (κ3) is 4.69. The molecule has 28 heavy (non-hydrogen) atoms. The molecule has 0 fully saturated rings. The summed E-state index contributed by atoms with van der Waals surface area (Å²) in [7, 11) is 0. The van der Waals surface area contributed by atoms with E-state index in [0.717, 1.165) is 17.8 Å². The molecule has 1 heterocycles. The standard InChI is InChI=1S/C20H23N5O2S/c1-4-15-10-12-16(13-11-15)21-19(26)14(3)28-20-22-23-24-25(20)17-8-6-7-9-18(17)27-5-2/h6-14H,4-5H2,1-3H3,(H,21,26). The normalized spacial score (nSPS) is 11.8. The van der Waals surface area contributed by atoms with E-state index in [1.54, 1.807) is 4.68 Å². The number of thioether (sulfide) groups is 1. The molecule has 0 radical (unpaired) electrons. The van der Waals surface area contributed by atoms with Gasteiger partial charge in [-0.15, -0.1) is 5.10 Å². The molecule has 0 bridgehead atoms. The van der Waals surface area contributed by atoms with Crippen LogP contribution in [0.1, 0.15) is 26.3 Å². The number of anilines is 1. The van der Waals surface area contributed by atoms with E-state index in [2.05, 4.69) is 27.8 Å². The second-order valence-corrected chi connectivity index (χ2v) is 7.38. The molecular weight excluding hydrogens is 374 g/mol. The third-order valence-corrected chi connectivity index (χ3v) is 5.15. The van der Waals surface area contributed by atoms with Gasteiger partial charge in [-0.05, 0) is 60.5 Å². The monoisotopic (exact) mass is 397 g/mol. The average Bonchev–Trinajstić information content (AvgIpc) is 3.17. The van der Waals surface area contributed by atoms with Gasteiger partial charge in [0.2, 0.25) is 11.1 Å². The van der Waals surface area contributed by atoms with Crippen LogP contribution in [0.4, 0.5) is 5.69 Å². The quantitative estimate of drug-likeness (QED) is 0.583. The summed E-state index contributed by atoms with van der Waals surface area (Å²) in [5.41, 5.74) is 2.74. The zero-order valence-electron chi connectivity index (χ0n) is 16.1. The predicted molar refractivity (Wildman–Crippen MR) is 110 cm³/mol. The molecule has 8 heteroatoms. The Hall–Kier alpha value is -2.87. The lowest BCUT2D eigenvalue weighted by atomic mass is 10.1. The van der Waals surface area contributed by atoms with Crippen molar-refractivity contribution in [3.8, 4) is 11.4 Å². The summed E-state index contributed by atoms with van der Waals surface area (Å²) < 4.78 is 7.25. The van der Waals surface area contributed by atoms with Crippen molar-refractivity contribution in [1.82, 2.24) is 20.2 Å². The highest BCUT2D eigenvalue weighted by Gasteiger charge is 2.20. The molecule has 0 aliphatic carbocycles. The Morgan fingerprint density at radius 2 is 1.93 bits per heavy atom. The SMILES string of the molecule is CCOc1ccccc1-n1nnnc1SC(C)C(=O)Nc1ccc(CC)cc1. The minimum absolute atomic E-state index is 0.109. The number of hydrogen-bond donors (Lipinski definition) is 1. The number of ether oxygens (including phenoxy) is 1. The van der Waals surface area contributed by atoms with E-state index in [9.17, 15) is 4.79 Å². The van der Waals surface area contributed by atoms with Crippen LogP contribution in [-0.2, 0) is 11.2 Å². The smallest absolute Gasteiger partial charge is 0.237 e. The number of benzene rings is 2. The molecule has 1 atom stereocenters. The summed E-state index contributed by atoms with van der Waals surface area (Å²) in [6.45, 7) is 6.39. The molecule has 1 unspecified atom stereocenters. The summed E-state index contributed by atoms with van der Waals surface area (Å²) in [5, 5.41) is 15.0. The van der Waals surface area contributed by atoms with Crippen molar-refractivity contribution < 1.29 is 9.53 Å². The van der Waals surface area contributed by atoms with Gasteiger partial charge in [0.15, 0.2) is 0 Å². The number of nitrogens with one attached hydrogen (secondary N) is 1. The van der Waals surface area contributed by atoms with E-state index in [0.29, 0.717) is 17.5 Å². The van der Waals surface area contributed by atoms with Crippen molar-refractivity contribution in [2.45, 2.75) is 37.6 Å². The first-order chi connectivity index (χ1) is 13.6. The third-order valence-electron chi connectivity index (χ3n) is 4.12. The van der Waals surface area contributed by atoms with Crippen LogP contribution in [0.15, 0.2) is 53.7 Å². The number of aromatic nitrogens is 4. The van der Waals surface area contributed by atoms with Crippen LogP contribution in [0.5, 0.6) is 5.75 Å². The van der Waals surface area contributed by atoms with Crippen LogP contribution < -0.4 is 10.1 Å². The van der Waals surface area contributed by atoms with Crippen LogP contribution in [0, 0.1) is 0 Å². The fraction of sp³-hybridized carbons (Fsp3) is 0.300. The minimum Gasteiger partial charge on any atom is -0.492 e. The van der Waals surface area contributed by atoms with E-state index in [1.165, 1.54) is 17.3 Å². The lowest BCUT2D eigenvalue weighted by molar-refractivity contribution is -0.115. The fourth-order valence-corrected chi connectivity index (χ4v) is 3.39. The van der Waals surface area contributed by atoms with E-state index in [-0.39, 0.29) is 11.2 Å². The van der Waals surface area contributed by atoms with Gasteiger partial charge in [0.25, 0.3) is 0 Å². The summed E-state index contributed by atoms with van der Waals surface area (Å²) in [4.78, 5) is 12.6. The van der Waals surface area contributed by atoms with Gasteiger partial charge in [0.1, 0.15) is 11.4 Å². The number of amides is 1. The van der Waals surface area contributed by atoms with Crippen LogP contribution >= 0.6 is 11.8 Å². The predicted octanol–water partition coefficient (Wildman–Crippen LogP) is 3.74. The summed E-state index contributed by atoms with van der Waals surface area (Å²) in [6, 6.07) is 15.4. The molecule has 0 saturated heterocycles. The number of nitrogens with zero attached hydrogens (tertiary/aromatic N) is 4. The van der Waals surface area contributed by atoms with Gasteiger partial charge in [0, 0.05) is 5.69 Å². The van der Waals surface area contributed by atoms with Crippen molar-refractivity contribution in [3.63, 3.8) is 0 Å². The Bertz CT molecular complexity index is 926. The highest BCUT2D eigenvalue weighted by molar-refractivity contribution is 8.00. The number of carbonyl (C=O) groups excluding carboxylic acids is 1. The molecule has 0 aliphatic rings. The van der Waals surface area contributed by atoms with Crippen molar-refractivity contribution >= 4 is 23.4 Å². The van der Waals surface area contributed by atoms with E-state index in [1.807, 2.05) is 62.4 Å². The Kier molecular flexibility index (Phi) is 6.65. The van der Waals surface area contributed by atoms with Gasteiger partial charge >= 0.3 is 0 Å². The molecule has 3 rings (SSSR count). The maximum absolute atomic E-state index is 12.6. The Morgan fingerprint density at radius 3 is 2.64 bits per heavy atom. The van der Waals surface area contributed by atoms with Gasteiger partial charge in [-0.2, -0.15) is 4.68 Å². The largest absolute Gasteiger partial charge is 0.492 e. The average molecular weight is 398 g/mol. The van der Waals surface area contributed by atoms with Crippen molar-refractivity contribution in [2.24, 2.45) is 0 Å². The van der Waals surface area contributed by atoms with Crippen LogP contribution in [0.3, 0.4) is 0 Å². The second kappa shape index (κ2) is 9.36. The minimum atomic E-state index is -0.380. The molecule has 2 aromatic carbocycles. The first kappa shape index (κ1) is 19.9.